The molecule has 1 aliphatic rings. The Bertz CT molecular complexity index is 1150. The van der Waals surface area contributed by atoms with Crippen molar-refractivity contribution in [2.45, 2.75) is 25.9 Å². The van der Waals surface area contributed by atoms with Crippen molar-refractivity contribution < 1.29 is 14.3 Å². The summed E-state index contributed by atoms with van der Waals surface area (Å²) in [6, 6.07) is 5.88. The maximum Gasteiger partial charge on any atom is 0.255 e. The predicted octanol–water partition coefficient (Wildman–Crippen LogP) is 3.79. The Kier molecular flexibility index (Phi) is 7.00. The number of anilines is 3. The summed E-state index contributed by atoms with van der Waals surface area (Å²) in [5, 5.41) is 15.7. The molecule has 10 heteroatoms. The van der Waals surface area contributed by atoms with Gasteiger partial charge in [-0.2, -0.15) is 0 Å². The Balaban J connectivity index is 1.73. The van der Waals surface area contributed by atoms with E-state index in [4.69, 9.17) is 11.6 Å². The van der Waals surface area contributed by atoms with E-state index in [0.29, 0.717) is 22.1 Å². The van der Waals surface area contributed by atoms with Crippen molar-refractivity contribution in [3.63, 3.8) is 0 Å². The van der Waals surface area contributed by atoms with Gasteiger partial charge in [-0.05, 0) is 44.0 Å². The van der Waals surface area contributed by atoms with Gasteiger partial charge >= 0.3 is 0 Å². The summed E-state index contributed by atoms with van der Waals surface area (Å²) >= 11 is 6.06. The van der Waals surface area contributed by atoms with Gasteiger partial charge in [-0.25, -0.2) is 14.4 Å². The Labute approximate surface area is 195 Å². The molecule has 4 rings (SSSR count). The number of halogens is 2. The van der Waals surface area contributed by atoms with E-state index in [-0.39, 0.29) is 23.8 Å². The highest BCUT2D eigenvalue weighted by molar-refractivity contribution is 6.30. The largest absolute Gasteiger partial charge is 0.392 e. The van der Waals surface area contributed by atoms with Crippen molar-refractivity contribution >= 4 is 34.7 Å². The van der Waals surface area contributed by atoms with E-state index in [0.717, 1.165) is 31.6 Å². The van der Waals surface area contributed by atoms with Crippen LogP contribution in [0.2, 0.25) is 5.02 Å². The van der Waals surface area contributed by atoms with Crippen LogP contribution in [0.1, 0.15) is 30.1 Å². The number of hydrogen-bond donors (Lipinski definition) is 3. The Morgan fingerprint density at radius 1 is 1.27 bits per heavy atom. The zero-order valence-electron chi connectivity index (χ0n) is 18.1. The van der Waals surface area contributed by atoms with Crippen LogP contribution in [-0.4, -0.2) is 51.7 Å². The lowest BCUT2D eigenvalue weighted by Crippen LogP contribution is -2.31. The fourth-order valence-electron chi connectivity index (χ4n) is 3.60. The smallest absolute Gasteiger partial charge is 0.255 e. The zero-order valence-corrected chi connectivity index (χ0v) is 18.8. The van der Waals surface area contributed by atoms with E-state index in [1.54, 1.807) is 25.4 Å². The number of aliphatic hydroxyl groups is 1. The minimum Gasteiger partial charge on any atom is -0.392 e. The van der Waals surface area contributed by atoms with Crippen LogP contribution in [0.15, 0.2) is 42.9 Å². The van der Waals surface area contributed by atoms with E-state index in [9.17, 15) is 14.3 Å². The van der Waals surface area contributed by atoms with Crippen LogP contribution in [0.3, 0.4) is 0 Å². The molecule has 3 aromatic rings. The van der Waals surface area contributed by atoms with Gasteiger partial charge < -0.3 is 20.6 Å². The number of carbonyl (C=O) groups excluding carboxylic acids is 1. The number of aromatic nitrogens is 3. The second-order valence-electron chi connectivity index (χ2n) is 7.85. The van der Waals surface area contributed by atoms with Crippen molar-refractivity contribution in [1.29, 1.82) is 0 Å². The molecule has 2 aromatic heterocycles. The molecule has 0 aliphatic carbocycles. The summed E-state index contributed by atoms with van der Waals surface area (Å²) in [7, 11) is 0. The van der Waals surface area contributed by atoms with Crippen molar-refractivity contribution in [3.8, 4) is 11.4 Å². The molecule has 3 N–H and O–H groups in total. The minimum atomic E-state index is -0.680. The summed E-state index contributed by atoms with van der Waals surface area (Å²) in [5.41, 5.74) is 1.71. The van der Waals surface area contributed by atoms with E-state index >= 15 is 0 Å². The molecule has 8 nitrogen and oxygen atoms in total. The Morgan fingerprint density at radius 2 is 2.06 bits per heavy atom. The first-order valence-corrected chi connectivity index (χ1v) is 11.0. The highest BCUT2D eigenvalue weighted by Crippen LogP contribution is 2.33. The molecule has 1 unspecified atom stereocenters. The van der Waals surface area contributed by atoms with Gasteiger partial charge in [0, 0.05) is 37.1 Å². The first kappa shape index (κ1) is 22.9. The summed E-state index contributed by atoms with van der Waals surface area (Å²) in [6.07, 6.45) is 6.07. The molecule has 33 heavy (non-hydrogen) atoms. The fourth-order valence-corrected chi connectivity index (χ4v) is 3.78. The summed E-state index contributed by atoms with van der Waals surface area (Å²) < 4.78 is 14.5. The molecule has 0 bridgehead atoms. The van der Waals surface area contributed by atoms with Crippen molar-refractivity contribution in [1.82, 2.24) is 20.3 Å². The van der Waals surface area contributed by atoms with Gasteiger partial charge in [0.25, 0.3) is 5.91 Å². The lowest BCUT2D eigenvalue weighted by molar-refractivity contribution is 0.0924. The summed E-state index contributed by atoms with van der Waals surface area (Å²) in [6.45, 7) is 3.39. The number of aliphatic hydroxyl groups excluding tert-OH is 1. The Morgan fingerprint density at radius 3 is 2.82 bits per heavy atom. The summed E-state index contributed by atoms with van der Waals surface area (Å²) in [5.74, 6) is -0.252. The third-order valence-electron chi connectivity index (χ3n) is 5.26. The quantitative estimate of drug-likeness (QED) is 0.482. The van der Waals surface area contributed by atoms with Gasteiger partial charge in [0.1, 0.15) is 5.82 Å². The molecular weight excluding hydrogens is 447 g/mol. The topological polar surface area (TPSA) is 103 Å². The first-order valence-electron chi connectivity index (χ1n) is 10.7. The molecule has 0 saturated carbocycles. The molecule has 1 aliphatic heterocycles. The second-order valence-corrected chi connectivity index (χ2v) is 8.29. The van der Waals surface area contributed by atoms with Crippen molar-refractivity contribution in [2.75, 3.05) is 29.9 Å². The average Bonchev–Trinajstić information content (AvgIpc) is 3.34. The number of nitrogens with zero attached hydrogens (tertiary/aromatic N) is 4. The highest BCUT2D eigenvalue weighted by Gasteiger charge is 2.21. The van der Waals surface area contributed by atoms with E-state index in [1.807, 2.05) is 0 Å². The molecule has 1 amide bonds. The number of hydrogen-bond acceptors (Lipinski definition) is 7. The fraction of sp³-hybridized carbons (Fsp3) is 0.304. The molecule has 3 heterocycles. The van der Waals surface area contributed by atoms with Gasteiger partial charge in [0.05, 0.1) is 34.8 Å². The maximum absolute atomic E-state index is 14.5. The number of carbonyl (C=O) groups is 1. The zero-order chi connectivity index (χ0) is 23.4. The van der Waals surface area contributed by atoms with Crippen LogP contribution in [0.25, 0.3) is 11.4 Å². The lowest BCUT2D eigenvalue weighted by Gasteiger charge is -2.22. The number of amides is 1. The molecule has 0 spiro atoms. The molecule has 1 saturated heterocycles. The SMILES string of the molecule is CC(O)CNC(=O)c1cnccc1Nc1nc(-c2cc(Cl)ccc2F)ncc1N1CCCC1. The monoisotopic (exact) mass is 470 g/mol. The highest BCUT2D eigenvalue weighted by atomic mass is 35.5. The van der Waals surface area contributed by atoms with Gasteiger partial charge in [0.15, 0.2) is 11.6 Å². The van der Waals surface area contributed by atoms with Gasteiger partial charge in [0.2, 0.25) is 0 Å². The summed E-state index contributed by atoms with van der Waals surface area (Å²) in [4.78, 5) is 27.9. The molecule has 1 atom stereocenters. The molecule has 0 radical (unpaired) electrons. The van der Waals surface area contributed by atoms with Gasteiger partial charge in [-0.3, -0.25) is 9.78 Å². The van der Waals surface area contributed by atoms with Crippen molar-refractivity contribution in [3.05, 3.63) is 59.3 Å². The van der Waals surface area contributed by atoms with Gasteiger partial charge in [-0.1, -0.05) is 11.6 Å². The van der Waals surface area contributed by atoms with E-state index in [1.165, 1.54) is 24.4 Å². The lowest BCUT2D eigenvalue weighted by atomic mass is 10.2. The maximum atomic E-state index is 14.5. The Hall–Kier alpha value is -3.30. The van der Waals surface area contributed by atoms with Crippen LogP contribution in [0.5, 0.6) is 0 Å². The molecule has 1 aromatic carbocycles. The molecular formula is C23H24ClFN6O2. The number of nitrogens with one attached hydrogen (secondary N) is 2. The third kappa shape index (κ3) is 5.37. The minimum absolute atomic E-state index is 0.109. The molecule has 172 valence electrons. The number of rotatable bonds is 7. The number of pyridine rings is 1. The van der Waals surface area contributed by atoms with Crippen LogP contribution < -0.4 is 15.5 Å². The van der Waals surface area contributed by atoms with Crippen molar-refractivity contribution in [2.24, 2.45) is 0 Å². The van der Waals surface area contributed by atoms with Crippen LogP contribution in [0, 0.1) is 5.82 Å². The van der Waals surface area contributed by atoms with Crippen LogP contribution >= 0.6 is 11.6 Å². The second kappa shape index (κ2) is 10.1. The standard InChI is InChI=1S/C23H24ClFN6O2/c1-14(32)11-28-23(33)17-12-26-7-6-19(17)29-22-20(31-8-2-3-9-31)13-27-21(30-22)16-10-15(24)4-5-18(16)25/h4-7,10,12-14,32H,2-3,8-9,11H2,1H3,(H,28,33)(H,26,27,29,30). The number of benzene rings is 1. The van der Waals surface area contributed by atoms with E-state index < -0.39 is 11.9 Å². The first-order chi connectivity index (χ1) is 15.9. The predicted molar refractivity (Wildman–Crippen MR) is 125 cm³/mol. The van der Waals surface area contributed by atoms with Crippen LogP contribution in [-0.2, 0) is 0 Å². The van der Waals surface area contributed by atoms with Crippen LogP contribution in [0.4, 0.5) is 21.6 Å². The normalized spacial score (nSPS) is 14.2. The average molecular weight is 471 g/mol. The third-order valence-corrected chi connectivity index (χ3v) is 5.50. The van der Waals surface area contributed by atoms with E-state index in [2.05, 4.69) is 30.5 Å². The molecule has 1 fully saturated rings. The van der Waals surface area contributed by atoms with Gasteiger partial charge in [-0.15, -0.1) is 0 Å².